The van der Waals surface area contributed by atoms with Gasteiger partial charge in [0.1, 0.15) is 16.9 Å². The van der Waals surface area contributed by atoms with Crippen LogP contribution in [0.3, 0.4) is 0 Å². The zero-order valence-corrected chi connectivity index (χ0v) is 14.7. The molecule has 7 nitrogen and oxygen atoms in total. The van der Waals surface area contributed by atoms with E-state index in [4.69, 9.17) is 0 Å². The molecule has 8 heteroatoms. The number of thiazole rings is 1. The molecule has 0 fully saturated rings. The molecule has 25 heavy (non-hydrogen) atoms. The third kappa shape index (κ3) is 3.71. The molecule has 0 spiro atoms. The molecule has 132 valence electrons. The summed E-state index contributed by atoms with van der Waals surface area (Å²) in [6.45, 7) is 3.87. The van der Waals surface area contributed by atoms with Gasteiger partial charge in [-0.2, -0.15) is 0 Å². The van der Waals surface area contributed by atoms with Crippen molar-refractivity contribution in [2.24, 2.45) is 5.92 Å². The molecule has 0 saturated carbocycles. The fourth-order valence-electron chi connectivity index (χ4n) is 2.53. The molecule has 2 heterocycles. The highest BCUT2D eigenvalue weighted by Gasteiger charge is 2.31. The molecule has 1 amide bonds. The van der Waals surface area contributed by atoms with Crippen molar-refractivity contribution in [3.63, 3.8) is 0 Å². The van der Waals surface area contributed by atoms with Gasteiger partial charge in [-0.3, -0.25) is 4.79 Å². The number of fused-ring (bicyclic) bond motifs is 1. The number of benzene rings is 1. The normalized spacial score (nSPS) is 15.2. The lowest BCUT2D eigenvalue weighted by Gasteiger charge is -2.23. The maximum absolute atomic E-state index is 12.4. The zero-order valence-electron chi connectivity index (χ0n) is 13.9. The molecular weight excluding hydrogens is 340 g/mol. The average molecular weight is 360 g/mol. The summed E-state index contributed by atoms with van der Waals surface area (Å²) >= 11 is 1.25. The predicted molar refractivity (Wildman–Crippen MR) is 94.9 cm³/mol. The number of hydrogen-bond acceptors (Lipinski definition) is 6. The molecule has 0 aliphatic rings. The number of nitrogens with one attached hydrogen (secondary N) is 2. The highest BCUT2D eigenvalue weighted by molar-refractivity contribution is 7.18. The van der Waals surface area contributed by atoms with Crippen molar-refractivity contribution in [3.8, 4) is 0 Å². The van der Waals surface area contributed by atoms with Crippen molar-refractivity contribution in [3.05, 3.63) is 47.5 Å². The van der Waals surface area contributed by atoms with Gasteiger partial charge in [0.15, 0.2) is 6.10 Å². The van der Waals surface area contributed by atoms with Gasteiger partial charge >= 0.3 is 0 Å². The largest absolute Gasteiger partial charge is 0.383 e. The van der Waals surface area contributed by atoms with Gasteiger partial charge in [0.25, 0.3) is 5.91 Å². The summed E-state index contributed by atoms with van der Waals surface area (Å²) in [7, 11) is 0. The van der Waals surface area contributed by atoms with E-state index >= 15 is 0 Å². The summed E-state index contributed by atoms with van der Waals surface area (Å²) in [5, 5.41) is 23.7. The number of aliphatic hydroxyl groups excluding tert-OH is 2. The number of para-hydroxylation sites is 1. The van der Waals surface area contributed by atoms with E-state index in [-0.39, 0.29) is 12.0 Å². The summed E-state index contributed by atoms with van der Waals surface area (Å²) in [6.07, 6.45) is 0.269. The van der Waals surface area contributed by atoms with Gasteiger partial charge in [-0.15, -0.1) is 11.3 Å². The smallest absolute Gasteiger partial charge is 0.252 e. The first-order valence-corrected chi connectivity index (χ1v) is 8.80. The summed E-state index contributed by atoms with van der Waals surface area (Å²) in [5.41, 5.74) is 0.727. The minimum Gasteiger partial charge on any atom is -0.383 e. The van der Waals surface area contributed by atoms with Gasteiger partial charge in [0, 0.05) is 12.4 Å². The monoisotopic (exact) mass is 360 g/mol. The van der Waals surface area contributed by atoms with Gasteiger partial charge in [-0.1, -0.05) is 26.0 Å². The Morgan fingerprint density at radius 3 is 2.68 bits per heavy atom. The third-order valence-electron chi connectivity index (χ3n) is 3.91. The maximum Gasteiger partial charge on any atom is 0.252 e. The maximum atomic E-state index is 12.4. The van der Waals surface area contributed by atoms with Crippen LogP contribution in [0, 0.1) is 5.92 Å². The number of rotatable bonds is 6. The number of aromatic nitrogens is 3. The number of imidazole rings is 1. The van der Waals surface area contributed by atoms with Crippen LogP contribution in [0.25, 0.3) is 10.2 Å². The van der Waals surface area contributed by atoms with E-state index in [1.165, 1.54) is 11.3 Å². The summed E-state index contributed by atoms with van der Waals surface area (Å²) in [6, 6.07) is 7.02. The van der Waals surface area contributed by atoms with Gasteiger partial charge in [-0.25, -0.2) is 9.97 Å². The van der Waals surface area contributed by atoms with E-state index in [2.05, 4.69) is 20.3 Å². The first kappa shape index (κ1) is 17.5. The van der Waals surface area contributed by atoms with Crippen LogP contribution in [-0.2, 0) is 4.79 Å². The Morgan fingerprint density at radius 1 is 1.28 bits per heavy atom. The van der Waals surface area contributed by atoms with Gasteiger partial charge in [0.2, 0.25) is 0 Å². The minimum absolute atomic E-state index is 0.0573. The lowest BCUT2D eigenvalue weighted by Crippen LogP contribution is -2.42. The fourth-order valence-corrected chi connectivity index (χ4v) is 3.52. The molecule has 3 aromatic rings. The van der Waals surface area contributed by atoms with Crippen LogP contribution in [0.15, 0.2) is 36.7 Å². The predicted octanol–water partition coefficient (Wildman–Crippen LogP) is 1.93. The van der Waals surface area contributed by atoms with Crippen LogP contribution in [0.1, 0.15) is 36.8 Å². The second kappa shape index (κ2) is 7.30. The van der Waals surface area contributed by atoms with E-state index in [1.54, 1.807) is 12.4 Å². The number of aromatic amines is 1. The highest BCUT2D eigenvalue weighted by atomic mass is 32.1. The molecule has 0 radical (unpaired) electrons. The molecule has 2 aromatic heterocycles. The number of H-pyrrole nitrogens is 1. The second-order valence-corrected chi connectivity index (χ2v) is 7.18. The van der Waals surface area contributed by atoms with Crippen molar-refractivity contribution in [2.45, 2.75) is 32.1 Å². The Labute approximate surface area is 148 Å². The minimum atomic E-state index is -1.61. The fraction of sp³-hybridized carbons (Fsp3) is 0.353. The van der Waals surface area contributed by atoms with Gasteiger partial charge in [0.05, 0.1) is 16.3 Å². The average Bonchev–Trinajstić information content (AvgIpc) is 3.26. The van der Waals surface area contributed by atoms with Crippen molar-refractivity contribution in [1.82, 2.24) is 20.3 Å². The molecule has 0 unspecified atom stereocenters. The van der Waals surface area contributed by atoms with E-state index in [0.717, 1.165) is 10.2 Å². The summed E-state index contributed by atoms with van der Waals surface area (Å²) in [4.78, 5) is 23.8. The van der Waals surface area contributed by atoms with E-state index in [1.807, 2.05) is 38.1 Å². The van der Waals surface area contributed by atoms with E-state index in [9.17, 15) is 15.0 Å². The zero-order chi connectivity index (χ0) is 18.0. The standard InChI is InChI=1S/C17H20N4O3S/c1-9(2)12(15-18-7-8-19-15)21-16(24)13(22)14(23)17-20-10-5-3-4-6-11(10)25-17/h3-9,12-14,22-23H,1-2H3,(H,18,19)(H,21,24)/t12-,13+,14+/m0/s1. The van der Waals surface area contributed by atoms with Gasteiger partial charge < -0.3 is 20.5 Å². The molecule has 0 saturated heterocycles. The van der Waals surface area contributed by atoms with Crippen LogP contribution >= 0.6 is 11.3 Å². The number of hydrogen-bond donors (Lipinski definition) is 4. The lowest BCUT2D eigenvalue weighted by molar-refractivity contribution is -0.136. The number of carbonyl (C=O) groups is 1. The van der Waals surface area contributed by atoms with Crippen LogP contribution in [0.2, 0.25) is 0 Å². The lowest BCUT2D eigenvalue weighted by atomic mass is 10.0. The van der Waals surface area contributed by atoms with Crippen LogP contribution in [-0.4, -0.2) is 37.2 Å². The summed E-state index contributed by atoms with van der Waals surface area (Å²) < 4.78 is 0.889. The quantitative estimate of drug-likeness (QED) is 0.537. The Morgan fingerprint density at radius 2 is 2.04 bits per heavy atom. The van der Waals surface area contributed by atoms with Crippen molar-refractivity contribution < 1.29 is 15.0 Å². The van der Waals surface area contributed by atoms with E-state index < -0.39 is 18.1 Å². The van der Waals surface area contributed by atoms with Crippen molar-refractivity contribution in [1.29, 1.82) is 0 Å². The first-order valence-electron chi connectivity index (χ1n) is 7.98. The van der Waals surface area contributed by atoms with E-state index in [0.29, 0.717) is 10.8 Å². The first-order chi connectivity index (χ1) is 12.0. The molecular formula is C17H20N4O3S. The highest BCUT2D eigenvalue weighted by Crippen LogP contribution is 2.28. The van der Waals surface area contributed by atoms with Gasteiger partial charge in [-0.05, 0) is 18.1 Å². The molecule has 3 atom stereocenters. The Kier molecular flexibility index (Phi) is 5.12. The van der Waals surface area contributed by atoms with Crippen LogP contribution < -0.4 is 5.32 Å². The molecule has 0 aliphatic heterocycles. The van der Waals surface area contributed by atoms with Crippen LogP contribution in [0.4, 0.5) is 0 Å². The topological polar surface area (TPSA) is 111 Å². The molecule has 1 aromatic carbocycles. The third-order valence-corrected chi connectivity index (χ3v) is 5.02. The Balaban J connectivity index is 1.74. The molecule has 3 rings (SSSR count). The number of aliphatic hydroxyl groups is 2. The number of carbonyl (C=O) groups excluding carboxylic acids is 1. The Hall–Kier alpha value is -2.29. The molecule has 0 bridgehead atoms. The summed E-state index contributed by atoms with van der Waals surface area (Å²) in [5.74, 6) is -0.00576. The Bertz CT molecular complexity index is 814. The van der Waals surface area contributed by atoms with Crippen LogP contribution in [0.5, 0.6) is 0 Å². The number of nitrogens with zero attached hydrogens (tertiary/aromatic N) is 2. The second-order valence-electron chi connectivity index (χ2n) is 6.11. The SMILES string of the molecule is CC(C)[C@H](NC(=O)[C@H](O)[C@@H](O)c1nc2ccccc2s1)c1ncc[nH]1. The number of amides is 1. The molecule has 0 aliphatic carbocycles. The molecule has 4 N–H and O–H groups in total. The van der Waals surface area contributed by atoms with Crippen molar-refractivity contribution in [2.75, 3.05) is 0 Å². The van der Waals surface area contributed by atoms with Crippen molar-refractivity contribution >= 4 is 27.5 Å².